The van der Waals surface area contributed by atoms with E-state index in [4.69, 9.17) is 4.74 Å². The molecule has 0 amide bonds. The summed E-state index contributed by atoms with van der Waals surface area (Å²) in [6, 6.07) is 17.2. The van der Waals surface area contributed by atoms with Crippen molar-refractivity contribution in [1.29, 1.82) is 0 Å². The Morgan fingerprint density at radius 1 is 0.697 bits per heavy atom. The second-order valence-corrected chi connectivity index (χ2v) is 9.85. The first-order chi connectivity index (χ1) is 16.3. The van der Waals surface area contributed by atoms with Crippen molar-refractivity contribution in [2.75, 3.05) is 6.61 Å². The number of benzene rings is 2. The summed E-state index contributed by atoms with van der Waals surface area (Å²) in [5.74, 6) is 9.52. The molecule has 0 heterocycles. The van der Waals surface area contributed by atoms with E-state index in [1.807, 2.05) is 0 Å². The highest BCUT2D eigenvalue weighted by Gasteiger charge is 2.19. The van der Waals surface area contributed by atoms with Crippen LogP contribution in [0.1, 0.15) is 103 Å². The lowest BCUT2D eigenvalue weighted by Gasteiger charge is -2.25. The third-order valence-electron chi connectivity index (χ3n) is 7.07. The third-order valence-corrected chi connectivity index (χ3v) is 7.07. The van der Waals surface area contributed by atoms with Crippen LogP contribution in [0.15, 0.2) is 48.5 Å². The van der Waals surface area contributed by atoms with Crippen molar-refractivity contribution in [3.8, 4) is 28.7 Å². The standard InChI is InChI=1S/C32H44O/c1-3-5-7-8-10-26-33-32-24-22-31(23-25-32)30-20-18-29(19-21-30)17-16-28-14-12-27(13-15-28)11-9-6-4-2/h18-25,27-28H,3-15,26H2,1-2H3. The van der Waals surface area contributed by atoms with Gasteiger partial charge in [-0.1, -0.05) is 101 Å². The predicted molar refractivity (Wildman–Crippen MR) is 143 cm³/mol. The first-order valence-electron chi connectivity index (χ1n) is 13.6. The van der Waals surface area contributed by atoms with Crippen molar-refractivity contribution < 1.29 is 4.74 Å². The number of ether oxygens (including phenoxy) is 1. The first kappa shape index (κ1) is 25.4. The molecule has 1 nitrogen and oxygen atoms in total. The normalized spacial score (nSPS) is 17.9. The lowest BCUT2D eigenvalue weighted by Crippen LogP contribution is -2.13. The van der Waals surface area contributed by atoms with Gasteiger partial charge in [-0.15, -0.1) is 0 Å². The van der Waals surface area contributed by atoms with Gasteiger partial charge in [-0.25, -0.2) is 0 Å². The Balaban J connectivity index is 1.42. The lowest BCUT2D eigenvalue weighted by atomic mass is 9.80. The van der Waals surface area contributed by atoms with Crippen LogP contribution in [0.2, 0.25) is 0 Å². The van der Waals surface area contributed by atoms with Crippen LogP contribution in [0.5, 0.6) is 5.75 Å². The van der Waals surface area contributed by atoms with Gasteiger partial charge in [-0.2, -0.15) is 0 Å². The summed E-state index contributed by atoms with van der Waals surface area (Å²) in [5.41, 5.74) is 3.59. The smallest absolute Gasteiger partial charge is 0.119 e. The van der Waals surface area contributed by atoms with E-state index in [2.05, 4.69) is 74.2 Å². The summed E-state index contributed by atoms with van der Waals surface area (Å²) in [6.45, 7) is 5.36. The van der Waals surface area contributed by atoms with Gasteiger partial charge in [0.25, 0.3) is 0 Å². The average Bonchev–Trinajstić information content (AvgIpc) is 2.86. The Labute approximate surface area is 203 Å². The molecule has 2 aromatic carbocycles. The van der Waals surface area contributed by atoms with E-state index in [1.165, 1.54) is 88.2 Å². The van der Waals surface area contributed by atoms with Crippen LogP contribution in [0.3, 0.4) is 0 Å². The van der Waals surface area contributed by atoms with Gasteiger partial charge in [0.15, 0.2) is 0 Å². The molecule has 0 aliphatic heterocycles. The molecule has 1 heteroatoms. The maximum Gasteiger partial charge on any atom is 0.119 e. The minimum Gasteiger partial charge on any atom is -0.494 e. The van der Waals surface area contributed by atoms with Crippen LogP contribution in [0.25, 0.3) is 11.1 Å². The Bertz CT molecular complexity index is 829. The van der Waals surface area contributed by atoms with Gasteiger partial charge >= 0.3 is 0 Å². The van der Waals surface area contributed by atoms with E-state index in [0.717, 1.165) is 30.3 Å². The lowest BCUT2D eigenvalue weighted by molar-refractivity contribution is 0.294. The zero-order chi connectivity index (χ0) is 23.1. The highest BCUT2D eigenvalue weighted by Crippen LogP contribution is 2.31. The summed E-state index contributed by atoms with van der Waals surface area (Å²) in [6.07, 6.45) is 17.2. The summed E-state index contributed by atoms with van der Waals surface area (Å²) >= 11 is 0. The van der Waals surface area contributed by atoms with Gasteiger partial charge in [0.1, 0.15) is 5.75 Å². The predicted octanol–water partition coefficient (Wildman–Crippen LogP) is 9.44. The van der Waals surface area contributed by atoms with Gasteiger partial charge in [0.2, 0.25) is 0 Å². The molecule has 1 saturated carbocycles. The van der Waals surface area contributed by atoms with Crippen molar-refractivity contribution in [3.63, 3.8) is 0 Å². The summed E-state index contributed by atoms with van der Waals surface area (Å²) < 4.78 is 5.90. The molecular weight excluding hydrogens is 400 g/mol. The van der Waals surface area contributed by atoms with Crippen molar-refractivity contribution in [2.24, 2.45) is 11.8 Å². The van der Waals surface area contributed by atoms with Crippen molar-refractivity contribution in [3.05, 3.63) is 54.1 Å². The van der Waals surface area contributed by atoms with Crippen LogP contribution >= 0.6 is 0 Å². The fraction of sp³-hybridized carbons (Fsp3) is 0.562. The zero-order valence-electron chi connectivity index (χ0n) is 21.1. The Hall–Kier alpha value is -2.20. The van der Waals surface area contributed by atoms with E-state index in [9.17, 15) is 0 Å². The fourth-order valence-corrected chi connectivity index (χ4v) is 4.85. The Kier molecular flexibility index (Phi) is 11.4. The quantitative estimate of drug-likeness (QED) is 0.234. The van der Waals surface area contributed by atoms with Gasteiger partial charge < -0.3 is 4.74 Å². The third kappa shape index (κ3) is 9.29. The van der Waals surface area contributed by atoms with Gasteiger partial charge in [-0.05, 0) is 73.4 Å². The van der Waals surface area contributed by atoms with Crippen LogP contribution in [0.4, 0.5) is 0 Å². The number of unbranched alkanes of at least 4 members (excludes halogenated alkanes) is 6. The first-order valence-corrected chi connectivity index (χ1v) is 13.6. The molecule has 33 heavy (non-hydrogen) atoms. The highest BCUT2D eigenvalue weighted by atomic mass is 16.5. The molecule has 0 atom stereocenters. The SMILES string of the molecule is CCCCCCCOc1ccc(-c2ccc(C#CC3CCC(CCCCC)CC3)cc2)cc1. The molecule has 3 rings (SSSR count). The van der Waals surface area contributed by atoms with Crippen LogP contribution < -0.4 is 4.74 Å². The molecule has 0 N–H and O–H groups in total. The second kappa shape index (κ2) is 14.8. The average molecular weight is 445 g/mol. The summed E-state index contributed by atoms with van der Waals surface area (Å²) in [7, 11) is 0. The number of hydrogen-bond donors (Lipinski definition) is 0. The van der Waals surface area contributed by atoms with Crippen molar-refractivity contribution in [1.82, 2.24) is 0 Å². The second-order valence-electron chi connectivity index (χ2n) is 9.85. The van der Waals surface area contributed by atoms with E-state index in [0.29, 0.717) is 5.92 Å². The summed E-state index contributed by atoms with van der Waals surface area (Å²) in [4.78, 5) is 0. The maximum atomic E-state index is 5.90. The largest absolute Gasteiger partial charge is 0.494 e. The Morgan fingerprint density at radius 3 is 1.97 bits per heavy atom. The molecule has 0 saturated heterocycles. The molecule has 178 valence electrons. The van der Waals surface area contributed by atoms with Gasteiger partial charge in [0.05, 0.1) is 6.61 Å². The van der Waals surface area contributed by atoms with E-state index >= 15 is 0 Å². The number of hydrogen-bond acceptors (Lipinski definition) is 1. The molecule has 2 aromatic rings. The van der Waals surface area contributed by atoms with Gasteiger partial charge in [-0.3, -0.25) is 0 Å². The van der Waals surface area contributed by atoms with Crippen molar-refractivity contribution >= 4 is 0 Å². The van der Waals surface area contributed by atoms with Crippen LogP contribution in [0, 0.1) is 23.7 Å². The molecule has 1 aliphatic carbocycles. The minimum absolute atomic E-state index is 0.589. The topological polar surface area (TPSA) is 9.23 Å². The molecule has 1 fully saturated rings. The molecule has 0 bridgehead atoms. The fourth-order valence-electron chi connectivity index (χ4n) is 4.85. The Morgan fingerprint density at radius 2 is 1.30 bits per heavy atom. The van der Waals surface area contributed by atoms with E-state index in [-0.39, 0.29) is 0 Å². The molecule has 0 spiro atoms. The van der Waals surface area contributed by atoms with Crippen LogP contribution in [-0.4, -0.2) is 6.61 Å². The van der Waals surface area contributed by atoms with E-state index < -0.39 is 0 Å². The molecule has 0 unspecified atom stereocenters. The molecule has 0 aromatic heterocycles. The van der Waals surface area contributed by atoms with Gasteiger partial charge in [0, 0.05) is 11.5 Å². The van der Waals surface area contributed by atoms with E-state index in [1.54, 1.807) is 0 Å². The molecular formula is C32H44O. The highest BCUT2D eigenvalue weighted by molar-refractivity contribution is 5.65. The minimum atomic E-state index is 0.589. The van der Waals surface area contributed by atoms with Crippen LogP contribution in [-0.2, 0) is 0 Å². The zero-order valence-corrected chi connectivity index (χ0v) is 21.1. The monoisotopic (exact) mass is 444 g/mol. The molecule has 1 aliphatic rings. The summed E-state index contributed by atoms with van der Waals surface area (Å²) in [5, 5.41) is 0. The maximum absolute atomic E-state index is 5.90. The van der Waals surface area contributed by atoms with Crippen molar-refractivity contribution in [2.45, 2.75) is 97.3 Å². The molecule has 0 radical (unpaired) electrons. The number of rotatable bonds is 12.